The van der Waals surface area contributed by atoms with Crippen molar-refractivity contribution >= 4 is 51.0 Å². The summed E-state index contributed by atoms with van der Waals surface area (Å²) < 4.78 is 0. The second kappa shape index (κ2) is 10.3. The Hall–Kier alpha value is -2.61. The Morgan fingerprint density at radius 1 is 0.971 bits per heavy atom. The molecule has 2 aliphatic rings. The van der Waals surface area contributed by atoms with Crippen LogP contribution in [0.4, 0.5) is 22.3 Å². The van der Waals surface area contributed by atoms with Crippen molar-refractivity contribution in [1.82, 2.24) is 9.88 Å². The molecule has 0 spiro atoms. The van der Waals surface area contributed by atoms with Crippen LogP contribution in [0.5, 0.6) is 0 Å². The third-order valence-electron chi connectivity index (χ3n) is 6.82. The molecule has 0 saturated carbocycles. The molecular formula is C26H30ClN5OS. The molecule has 34 heavy (non-hydrogen) atoms. The van der Waals surface area contributed by atoms with E-state index in [-0.39, 0.29) is 11.6 Å². The van der Waals surface area contributed by atoms with E-state index in [1.807, 2.05) is 0 Å². The molecule has 1 aromatic heterocycles. The maximum atomic E-state index is 12.8. The SMILES string of the molecule is Nc1nc(Nc2ccc(N3CCC(N4CCCCC4)CC3)cc2)sc1C(=O)c1ccc(Cl)cc1. The van der Waals surface area contributed by atoms with Gasteiger partial charge < -0.3 is 20.9 Å². The molecule has 6 nitrogen and oxygen atoms in total. The van der Waals surface area contributed by atoms with Crippen molar-refractivity contribution in [3.8, 4) is 0 Å². The molecule has 2 fully saturated rings. The van der Waals surface area contributed by atoms with Crippen molar-refractivity contribution in [2.45, 2.75) is 38.1 Å². The number of halogens is 1. The molecule has 3 aromatic rings. The fraction of sp³-hybridized carbons (Fsp3) is 0.385. The van der Waals surface area contributed by atoms with Crippen molar-refractivity contribution in [3.05, 3.63) is 64.0 Å². The van der Waals surface area contributed by atoms with Gasteiger partial charge in [-0.1, -0.05) is 29.4 Å². The number of rotatable bonds is 6. The number of likely N-dealkylation sites (tertiary alicyclic amines) is 1. The van der Waals surface area contributed by atoms with Gasteiger partial charge in [0.25, 0.3) is 0 Å². The van der Waals surface area contributed by atoms with Crippen LogP contribution in [0.1, 0.15) is 47.3 Å². The number of nitrogen functional groups attached to an aromatic ring is 1. The van der Waals surface area contributed by atoms with Crippen molar-refractivity contribution in [2.24, 2.45) is 0 Å². The molecule has 178 valence electrons. The van der Waals surface area contributed by atoms with Crippen LogP contribution in [0.15, 0.2) is 48.5 Å². The summed E-state index contributed by atoms with van der Waals surface area (Å²) in [4.78, 5) is 22.8. The van der Waals surface area contributed by atoms with E-state index >= 15 is 0 Å². The van der Waals surface area contributed by atoms with Gasteiger partial charge in [0.2, 0.25) is 5.78 Å². The van der Waals surface area contributed by atoms with Crippen LogP contribution >= 0.6 is 22.9 Å². The van der Waals surface area contributed by atoms with Crippen LogP contribution in [0, 0.1) is 0 Å². The van der Waals surface area contributed by atoms with Gasteiger partial charge in [-0.3, -0.25) is 4.79 Å². The standard InChI is InChI=1S/C26H30ClN5OS/c27-19-6-4-18(5-7-19)23(33)24-25(28)30-26(34-24)29-20-8-10-21(11-9-20)32-16-12-22(13-17-32)31-14-2-1-3-15-31/h4-11,22H,1-3,12-17,28H2,(H,29,30). The Balaban J connectivity index is 1.19. The number of anilines is 4. The van der Waals surface area contributed by atoms with E-state index < -0.39 is 0 Å². The quantitative estimate of drug-likeness (QED) is 0.420. The Bertz CT molecular complexity index is 1120. The largest absolute Gasteiger partial charge is 0.382 e. The summed E-state index contributed by atoms with van der Waals surface area (Å²) in [5.41, 5.74) is 8.77. The van der Waals surface area contributed by atoms with E-state index in [9.17, 15) is 4.79 Å². The summed E-state index contributed by atoms with van der Waals surface area (Å²) in [5.74, 6) is 0.0867. The van der Waals surface area contributed by atoms with Crippen LogP contribution in [0.3, 0.4) is 0 Å². The molecule has 0 atom stereocenters. The van der Waals surface area contributed by atoms with Crippen LogP contribution in [0.2, 0.25) is 5.02 Å². The topological polar surface area (TPSA) is 74.5 Å². The smallest absolute Gasteiger partial charge is 0.206 e. The molecule has 0 radical (unpaired) electrons. The summed E-state index contributed by atoms with van der Waals surface area (Å²) in [6, 6.07) is 16.0. The minimum absolute atomic E-state index is 0.150. The predicted molar refractivity (Wildman–Crippen MR) is 142 cm³/mol. The highest BCUT2D eigenvalue weighted by Gasteiger charge is 2.25. The molecule has 0 aliphatic carbocycles. The van der Waals surface area contributed by atoms with Crippen molar-refractivity contribution in [1.29, 1.82) is 0 Å². The highest BCUT2D eigenvalue weighted by Crippen LogP contribution is 2.31. The third kappa shape index (κ3) is 5.22. The third-order valence-corrected chi connectivity index (χ3v) is 8.06. The van der Waals surface area contributed by atoms with Gasteiger partial charge in [0.05, 0.1) is 0 Å². The number of hydrogen-bond donors (Lipinski definition) is 2. The number of aromatic nitrogens is 1. The summed E-state index contributed by atoms with van der Waals surface area (Å²) in [5, 5.41) is 4.48. The molecule has 5 rings (SSSR count). The van der Waals surface area contributed by atoms with Gasteiger partial charge in [0.15, 0.2) is 5.13 Å². The van der Waals surface area contributed by atoms with Crippen molar-refractivity contribution < 1.29 is 4.79 Å². The first-order valence-electron chi connectivity index (χ1n) is 12.0. The van der Waals surface area contributed by atoms with Gasteiger partial charge >= 0.3 is 0 Å². The minimum atomic E-state index is -0.150. The lowest BCUT2D eigenvalue weighted by Crippen LogP contribution is -2.46. The summed E-state index contributed by atoms with van der Waals surface area (Å²) >= 11 is 7.19. The Morgan fingerprint density at radius 2 is 1.65 bits per heavy atom. The number of nitrogens with two attached hydrogens (primary N) is 1. The molecule has 0 bridgehead atoms. The van der Waals surface area contributed by atoms with Gasteiger partial charge in [-0.15, -0.1) is 0 Å². The average Bonchev–Trinajstić information content (AvgIpc) is 3.25. The zero-order valence-electron chi connectivity index (χ0n) is 19.2. The minimum Gasteiger partial charge on any atom is -0.382 e. The summed E-state index contributed by atoms with van der Waals surface area (Å²) in [6.45, 7) is 4.76. The second-order valence-corrected chi connectivity index (χ2v) is 10.5. The van der Waals surface area contributed by atoms with E-state index in [4.69, 9.17) is 17.3 Å². The van der Waals surface area contributed by atoms with Gasteiger partial charge in [-0.2, -0.15) is 0 Å². The maximum Gasteiger partial charge on any atom is 0.206 e. The number of ketones is 1. The fourth-order valence-electron chi connectivity index (χ4n) is 4.93. The Morgan fingerprint density at radius 3 is 2.32 bits per heavy atom. The molecule has 0 amide bonds. The molecule has 3 heterocycles. The summed E-state index contributed by atoms with van der Waals surface area (Å²) in [7, 11) is 0. The lowest BCUT2D eigenvalue weighted by molar-refractivity contribution is 0.104. The first-order chi connectivity index (χ1) is 16.6. The number of carbonyl (C=O) groups excluding carboxylic acids is 1. The predicted octanol–water partition coefficient (Wildman–Crippen LogP) is 5.81. The Labute approximate surface area is 209 Å². The van der Waals surface area contributed by atoms with Crippen LogP contribution in [0.25, 0.3) is 0 Å². The molecule has 0 unspecified atom stereocenters. The van der Waals surface area contributed by atoms with E-state index in [1.54, 1.807) is 24.3 Å². The highest BCUT2D eigenvalue weighted by molar-refractivity contribution is 7.18. The maximum absolute atomic E-state index is 12.8. The molecule has 2 aliphatic heterocycles. The molecular weight excluding hydrogens is 466 g/mol. The van der Waals surface area contributed by atoms with Crippen LogP contribution in [-0.4, -0.2) is 47.9 Å². The van der Waals surface area contributed by atoms with Gasteiger partial charge in [-0.05, 0) is 87.3 Å². The second-order valence-electron chi connectivity index (χ2n) is 9.06. The number of thiazole rings is 1. The van der Waals surface area contributed by atoms with E-state index in [1.165, 1.54) is 62.2 Å². The monoisotopic (exact) mass is 495 g/mol. The first-order valence-corrected chi connectivity index (χ1v) is 13.2. The Kier molecular flexibility index (Phi) is 7.04. The normalized spacial score (nSPS) is 17.6. The number of nitrogens with zero attached hydrogens (tertiary/aromatic N) is 3. The zero-order chi connectivity index (χ0) is 23.5. The highest BCUT2D eigenvalue weighted by atomic mass is 35.5. The van der Waals surface area contributed by atoms with E-state index in [0.29, 0.717) is 20.6 Å². The molecule has 2 aromatic carbocycles. The fourth-order valence-corrected chi connectivity index (χ4v) is 5.93. The van der Waals surface area contributed by atoms with Gasteiger partial charge in [-0.25, -0.2) is 4.98 Å². The van der Waals surface area contributed by atoms with Crippen molar-refractivity contribution in [2.75, 3.05) is 42.1 Å². The lowest BCUT2D eigenvalue weighted by Gasteiger charge is -2.41. The number of piperidine rings is 2. The molecule has 3 N–H and O–H groups in total. The van der Waals surface area contributed by atoms with Crippen molar-refractivity contribution in [3.63, 3.8) is 0 Å². The summed E-state index contributed by atoms with van der Waals surface area (Å²) in [6.07, 6.45) is 6.58. The van der Waals surface area contributed by atoms with E-state index in [2.05, 4.69) is 44.4 Å². The number of nitrogens with one attached hydrogen (secondary N) is 1. The first kappa shape index (κ1) is 23.1. The van der Waals surface area contributed by atoms with Crippen LogP contribution in [-0.2, 0) is 0 Å². The lowest BCUT2D eigenvalue weighted by atomic mass is 9.99. The van der Waals surface area contributed by atoms with E-state index in [0.717, 1.165) is 24.8 Å². The molecule has 2 saturated heterocycles. The average molecular weight is 496 g/mol. The van der Waals surface area contributed by atoms with Crippen LogP contribution < -0.4 is 16.0 Å². The van der Waals surface area contributed by atoms with Gasteiger partial charge in [0.1, 0.15) is 10.7 Å². The van der Waals surface area contributed by atoms with Gasteiger partial charge in [0, 0.05) is 41.1 Å². The number of carbonyl (C=O) groups is 1. The number of hydrogen-bond acceptors (Lipinski definition) is 7. The molecule has 8 heteroatoms. The zero-order valence-corrected chi connectivity index (χ0v) is 20.7. The number of benzene rings is 2.